The van der Waals surface area contributed by atoms with Gasteiger partial charge in [-0.2, -0.15) is 0 Å². The molecule has 0 aliphatic carbocycles. The summed E-state index contributed by atoms with van der Waals surface area (Å²) < 4.78 is 4.99. The number of ether oxygens (including phenoxy) is 1. The molecule has 1 heterocycles. The molecule has 0 aromatic carbocycles. The minimum Gasteiger partial charge on any atom is -0.491 e. The van der Waals surface area contributed by atoms with Crippen LogP contribution in [0.3, 0.4) is 0 Å². The van der Waals surface area contributed by atoms with Gasteiger partial charge in [-0.15, -0.1) is 11.8 Å². The normalized spacial score (nSPS) is 9.73. The van der Waals surface area contributed by atoms with Crippen LogP contribution in [0, 0.1) is 0 Å². The van der Waals surface area contributed by atoms with E-state index in [1.165, 1.54) is 18.1 Å². The molecule has 11 heavy (non-hydrogen) atoms. The van der Waals surface area contributed by atoms with Gasteiger partial charge in [0.25, 0.3) is 0 Å². The highest BCUT2D eigenvalue weighted by Crippen LogP contribution is 2.29. The third kappa shape index (κ3) is 1.75. The summed E-state index contributed by atoms with van der Waals surface area (Å²) in [7, 11) is 1.55. The van der Waals surface area contributed by atoms with Crippen molar-refractivity contribution < 1.29 is 4.74 Å². The highest BCUT2D eigenvalue weighted by Gasteiger charge is 2.07. The average molecular weight is 191 g/mol. The Hall–Kier alpha value is -0.480. The first-order chi connectivity index (χ1) is 5.29. The van der Waals surface area contributed by atoms with Gasteiger partial charge in [-0.3, -0.25) is 0 Å². The summed E-state index contributed by atoms with van der Waals surface area (Å²) in [5.41, 5.74) is 0. The Kier molecular flexibility index (Phi) is 2.96. The first-order valence-corrected chi connectivity index (χ1v) is 4.48. The molecule has 0 radical (unpaired) electrons. The molecule has 0 aliphatic rings. The molecule has 0 saturated carbocycles. The zero-order valence-corrected chi connectivity index (χ0v) is 7.74. The number of hydrogen-bond acceptors (Lipinski definition) is 4. The smallest absolute Gasteiger partial charge is 0.188 e. The molecular formula is C6H7ClN2OS. The predicted molar refractivity (Wildman–Crippen MR) is 45.4 cm³/mol. The summed E-state index contributed by atoms with van der Waals surface area (Å²) in [4.78, 5) is 7.75. The van der Waals surface area contributed by atoms with Gasteiger partial charge in [0.15, 0.2) is 10.9 Å². The molecule has 5 heteroatoms. The van der Waals surface area contributed by atoms with Crippen molar-refractivity contribution >= 4 is 23.4 Å². The van der Waals surface area contributed by atoms with Crippen molar-refractivity contribution in [2.24, 2.45) is 0 Å². The molecule has 0 saturated heterocycles. The Labute approximate surface area is 74.1 Å². The summed E-state index contributed by atoms with van der Waals surface area (Å²) in [5, 5.41) is 1.11. The maximum absolute atomic E-state index is 5.72. The van der Waals surface area contributed by atoms with Crippen LogP contribution in [0.25, 0.3) is 0 Å². The van der Waals surface area contributed by atoms with Crippen molar-refractivity contribution in [2.75, 3.05) is 13.4 Å². The van der Waals surface area contributed by atoms with Crippen LogP contribution < -0.4 is 4.74 Å². The number of aromatic nitrogens is 2. The quantitative estimate of drug-likeness (QED) is 0.527. The van der Waals surface area contributed by atoms with Crippen molar-refractivity contribution in [1.29, 1.82) is 0 Å². The van der Waals surface area contributed by atoms with Gasteiger partial charge < -0.3 is 4.74 Å². The molecule has 1 aromatic heterocycles. The van der Waals surface area contributed by atoms with E-state index < -0.39 is 0 Å². The van der Waals surface area contributed by atoms with Gasteiger partial charge in [0.05, 0.1) is 7.11 Å². The molecular weight excluding hydrogens is 184 g/mol. The van der Waals surface area contributed by atoms with Crippen LogP contribution in [0.15, 0.2) is 11.4 Å². The molecule has 3 nitrogen and oxygen atoms in total. The molecule has 0 bridgehead atoms. The van der Waals surface area contributed by atoms with Crippen LogP contribution in [-0.2, 0) is 0 Å². The SMILES string of the molecule is COc1c(Cl)ncnc1SC. The first-order valence-electron chi connectivity index (χ1n) is 2.88. The zero-order valence-electron chi connectivity index (χ0n) is 6.17. The zero-order chi connectivity index (χ0) is 8.27. The van der Waals surface area contributed by atoms with Crippen molar-refractivity contribution in [3.8, 4) is 5.75 Å². The highest BCUT2D eigenvalue weighted by molar-refractivity contribution is 7.98. The molecule has 0 amide bonds. The van der Waals surface area contributed by atoms with Gasteiger partial charge in [0, 0.05) is 0 Å². The molecule has 0 atom stereocenters. The van der Waals surface area contributed by atoms with E-state index in [1.54, 1.807) is 7.11 Å². The van der Waals surface area contributed by atoms with Crippen LogP contribution in [0.1, 0.15) is 0 Å². The monoisotopic (exact) mass is 190 g/mol. The highest BCUT2D eigenvalue weighted by atomic mass is 35.5. The van der Waals surface area contributed by atoms with E-state index >= 15 is 0 Å². The van der Waals surface area contributed by atoms with E-state index in [2.05, 4.69) is 9.97 Å². The van der Waals surface area contributed by atoms with Crippen molar-refractivity contribution in [3.63, 3.8) is 0 Å². The Balaban J connectivity index is 3.13. The molecule has 1 aromatic rings. The first kappa shape index (κ1) is 8.62. The van der Waals surface area contributed by atoms with Crippen molar-refractivity contribution in [3.05, 3.63) is 11.5 Å². The van der Waals surface area contributed by atoms with E-state index in [-0.39, 0.29) is 0 Å². The minimum atomic E-state index is 0.354. The molecule has 0 fully saturated rings. The molecule has 0 unspecified atom stereocenters. The number of methoxy groups -OCH3 is 1. The second kappa shape index (κ2) is 3.78. The Morgan fingerprint density at radius 2 is 2.27 bits per heavy atom. The van der Waals surface area contributed by atoms with Gasteiger partial charge in [-0.05, 0) is 6.26 Å². The van der Waals surface area contributed by atoms with E-state index in [1.807, 2.05) is 6.26 Å². The van der Waals surface area contributed by atoms with E-state index in [9.17, 15) is 0 Å². The van der Waals surface area contributed by atoms with Gasteiger partial charge in [-0.1, -0.05) is 11.6 Å². The van der Waals surface area contributed by atoms with E-state index in [4.69, 9.17) is 16.3 Å². The third-order valence-electron chi connectivity index (χ3n) is 1.13. The van der Waals surface area contributed by atoms with Gasteiger partial charge in [0.1, 0.15) is 11.4 Å². The lowest BCUT2D eigenvalue weighted by molar-refractivity contribution is 0.398. The number of hydrogen-bond donors (Lipinski definition) is 0. The van der Waals surface area contributed by atoms with Crippen LogP contribution >= 0.6 is 23.4 Å². The Morgan fingerprint density at radius 1 is 1.55 bits per heavy atom. The summed E-state index contributed by atoms with van der Waals surface area (Å²) in [5.74, 6) is 0.543. The fourth-order valence-corrected chi connectivity index (χ4v) is 1.44. The number of nitrogens with zero attached hydrogens (tertiary/aromatic N) is 2. The van der Waals surface area contributed by atoms with Crippen LogP contribution in [0.2, 0.25) is 5.15 Å². The lowest BCUT2D eigenvalue weighted by Crippen LogP contribution is -1.91. The van der Waals surface area contributed by atoms with Gasteiger partial charge in [0.2, 0.25) is 0 Å². The molecule has 0 N–H and O–H groups in total. The average Bonchev–Trinajstić information content (AvgIpc) is 2.04. The van der Waals surface area contributed by atoms with Crippen molar-refractivity contribution in [2.45, 2.75) is 5.03 Å². The summed E-state index contributed by atoms with van der Waals surface area (Å²) in [6.07, 6.45) is 3.32. The lowest BCUT2D eigenvalue weighted by Gasteiger charge is -2.04. The number of thioether (sulfide) groups is 1. The van der Waals surface area contributed by atoms with Gasteiger partial charge in [-0.25, -0.2) is 9.97 Å². The number of rotatable bonds is 2. The third-order valence-corrected chi connectivity index (χ3v) is 2.07. The predicted octanol–water partition coefficient (Wildman–Crippen LogP) is 1.86. The van der Waals surface area contributed by atoms with Crippen LogP contribution in [0.4, 0.5) is 0 Å². The summed E-state index contributed by atoms with van der Waals surface area (Å²) in [6, 6.07) is 0. The molecule has 60 valence electrons. The van der Waals surface area contributed by atoms with Crippen molar-refractivity contribution in [1.82, 2.24) is 9.97 Å². The Morgan fingerprint density at radius 3 is 2.73 bits per heavy atom. The second-order valence-corrected chi connectivity index (χ2v) is 2.86. The van der Waals surface area contributed by atoms with E-state index in [0.29, 0.717) is 10.9 Å². The molecule has 0 aliphatic heterocycles. The fourth-order valence-electron chi connectivity index (χ4n) is 0.654. The fraction of sp³-hybridized carbons (Fsp3) is 0.333. The largest absolute Gasteiger partial charge is 0.491 e. The maximum Gasteiger partial charge on any atom is 0.188 e. The topological polar surface area (TPSA) is 35.0 Å². The molecule has 1 rings (SSSR count). The Bertz CT molecular complexity index is 256. The van der Waals surface area contributed by atoms with Crippen LogP contribution in [-0.4, -0.2) is 23.3 Å². The molecule has 0 spiro atoms. The minimum absolute atomic E-state index is 0.354. The number of halogens is 1. The second-order valence-electron chi connectivity index (χ2n) is 1.71. The van der Waals surface area contributed by atoms with E-state index in [0.717, 1.165) is 5.03 Å². The summed E-state index contributed by atoms with van der Waals surface area (Å²) in [6.45, 7) is 0. The standard InChI is InChI=1S/C6H7ClN2OS/c1-10-4-5(7)8-3-9-6(4)11-2/h3H,1-2H3. The van der Waals surface area contributed by atoms with Gasteiger partial charge >= 0.3 is 0 Å². The van der Waals surface area contributed by atoms with Crippen LogP contribution in [0.5, 0.6) is 5.75 Å². The maximum atomic E-state index is 5.72. The lowest BCUT2D eigenvalue weighted by atomic mass is 10.6. The summed E-state index contributed by atoms with van der Waals surface area (Å²) >= 11 is 7.19.